The average Bonchev–Trinajstić information content (AvgIpc) is 2.46. The second kappa shape index (κ2) is 7.10. The second-order valence-corrected chi connectivity index (χ2v) is 7.35. The summed E-state index contributed by atoms with van der Waals surface area (Å²) in [6, 6.07) is 0.378. The Hall–Kier alpha value is -0.610. The van der Waals surface area contributed by atoms with Crippen LogP contribution in [0.2, 0.25) is 0 Å². The summed E-state index contributed by atoms with van der Waals surface area (Å²) in [6.45, 7) is 7.86. The fraction of sp³-hybridized carbons (Fsp3) is 0.941. The van der Waals surface area contributed by atoms with E-state index in [4.69, 9.17) is 5.73 Å². The Morgan fingerprint density at radius 2 is 2.00 bits per heavy atom. The summed E-state index contributed by atoms with van der Waals surface area (Å²) in [7, 11) is 1.97. The van der Waals surface area contributed by atoms with E-state index < -0.39 is 5.54 Å². The van der Waals surface area contributed by atoms with E-state index in [0.29, 0.717) is 12.0 Å². The first-order chi connectivity index (χ1) is 9.96. The third kappa shape index (κ3) is 3.98. The molecule has 122 valence electrons. The molecule has 0 spiro atoms. The van der Waals surface area contributed by atoms with Crippen molar-refractivity contribution in [2.75, 3.05) is 26.7 Å². The monoisotopic (exact) mass is 295 g/mol. The molecule has 0 aromatic heterocycles. The maximum Gasteiger partial charge on any atom is 0.242 e. The number of likely N-dealkylation sites (N-methyl/N-ethyl adjacent to an activating group) is 1. The molecule has 1 saturated carbocycles. The molecule has 2 rings (SSSR count). The molecule has 21 heavy (non-hydrogen) atoms. The molecule has 2 unspecified atom stereocenters. The average molecular weight is 295 g/mol. The topological polar surface area (TPSA) is 49.6 Å². The van der Waals surface area contributed by atoms with Gasteiger partial charge in [0.25, 0.3) is 0 Å². The number of likely N-dealkylation sites (tertiary alicyclic amines) is 1. The Morgan fingerprint density at radius 1 is 1.33 bits per heavy atom. The van der Waals surface area contributed by atoms with Crippen molar-refractivity contribution >= 4 is 5.91 Å². The van der Waals surface area contributed by atoms with Gasteiger partial charge >= 0.3 is 0 Å². The molecule has 0 radical (unpaired) electrons. The van der Waals surface area contributed by atoms with Gasteiger partial charge in [0, 0.05) is 26.2 Å². The molecule has 2 aliphatic rings. The zero-order valence-electron chi connectivity index (χ0n) is 14.1. The molecule has 0 aromatic rings. The van der Waals surface area contributed by atoms with Crippen LogP contribution in [0.4, 0.5) is 0 Å². The van der Waals surface area contributed by atoms with Crippen molar-refractivity contribution in [3.63, 3.8) is 0 Å². The van der Waals surface area contributed by atoms with E-state index in [1.54, 1.807) is 0 Å². The van der Waals surface area contributed by atoms with Gasteiger partial charge in [-0.05, 0) is 44.6 Å². The summed E-state index contributed by atoms with van der Waals surface area (Å²) in [5, 5.41) is 0. The van der Waals surface area contributed by atoms with Crippen molar-refractivity contribution in [2.45, 2.75) is 70.4 Å². The zero-order chi connectivity index (χ0) is 15.5. The predicted octanol–water partition coefficient (Wildman–Crippen LogP) is 2.23. The third-order valence-electron chi connectivity index (χ3n) is 5.42. The van der Waals surface area contributed by atoms with Crippen LogP contribution in [0.25, 0.3) is 0 Å². The Kier molecular flexibility index (Phi) is 5.67. The van der Waals surface area contributed by atoms with E-state index in [1.165, 1.54) is 19.4 Å². The van der Waals surface area contributed by atoms with Crippen LogP contribution < -0.4 is 5.73 Å². The number of rotatable bonds is 4. The van der Waals surface area contributed by atoms with Crippen LogP contribution in [0.3, 0.4) is 0 Å². The first kappa shape index (κ1) is 16.8. The lowest BCUT2D eigenvalue weighted by atomic mass is 9.76. The van der Waals surface area contributed by atoms with Gasteiger partial charge in [0.1, 0.15) is 0 Å². The maximum absolute atomic E-state index is 12.9. The van der Waals surface area contributed by atoms with Crippen LogP contribution in [-0.4, -0.2) is 54.0 Å². The van der Waals surface area contributed by atoms with Crippen molar-refractivity contribution in [1.82, 2.24) is 9.80 Å². The Labute approximate surface area is 130 Å². The summed E-state index contributed by atoms with van der Waals surface area (Å²) in [5.41, 5.74) is 5.87. The number of piperidine rings is 1. The number of amides is 1. The fourth-order valence-electron chi connectivity index (χ4n) is 4.15. The minimum absolute atomic E-state index is 0.183. The van der Waals surface area contributed by atoms with Crippen molar-refractivity contribution in [2.24, 2.45) is 11.7 Å². The van der Waals surface area contributed by atoms with E-state index in [2.05, 4.69) is 18.7 Å². The molecule has 0 aromatic carbocycles. The fourth-order valence-corrected chi connectivity index (χ4v) is 4.15. The lowest BCUT2D eigenvalue weighted by Crippen LogP contribution is -2.59. The Balaban J connectivity index is 1.90. The molecular weight excluding hydrogens is 262 g/mol. The van der Waals surface area contributed by atoms with Crippen molar-refractivity contribution in [1.29, 1.82) is 0 Å². The molecular formula is C17H33N3O. The normalized spacial score (nSPS) is 32.1. The van der Waals surface area contributed by atoms with Gasteiger partial charge in [-0.3, -0.25) is 4.79 Å². The number of hydrogen-bond acceptors (Lipinski definition) is 3. The summed E-state index contributed by atoms with van der Waals surface area (Å²) in [4.78, 5) is 17.3. The highest BCUT2D eigenvalue weighted by Gasteiger charge is 2.41. The number of carbonyl (C=O) groups excluding carboxylic acids is 1. The summed E-state index contributed by atoms with van der Waals surface area (Å²) in [6.07, 6.45) is 7.41. The number of hydrogen-bond donors (Lipinski definition) is 1. The summed E-state index contributed by atoms with van der Waals surface area (Å²) >= 11 is 0. The van der Waals surface area contributed by atoms with Crippen molar-refractivity contribution in [3.8, 4) is 0 Å². The largest absolute Gasteiger partial charge is 0.341 e. The van der Waals surface area contributed by atoms with Crippen LogP contribution in [0, 0.1) is 5.92 Å². The SMILES string of the molecule is CCCN1CCC(N(C)C(=O)C2(N)CCCC(C)C2)CC1. The van der Waals surface area contributed by atoms with E-state index >= 15 is 0 Å². The quantitative estimate of drug-likeness (QED) is 0.865. The first-order valence-electron chi connectivity index (χ1n) is 8.75. The third-order valence-corrected chi connectivity index (χ3v) is 5.42. The molecule has 1 aliphatic carbocycles. The predicted molar refractivity (Wildman–Crippen MR) is 87.1 cm³/mol. The maximum atomic E-state index is 12.9. The molecule has 1 aliphatic heterocycles. The van der Waals surface area contributed by atoms with Crippen LogP contribution in [0.1, 0.15) is 58.8 Å². The van der Waals surface area contributed by atoms with Gasteiger partial charge in [0.2, 0.25) is 5.91 Å². The van der Waals surface area contributed by atoms with Gasteiger partial charge < -0.3 is 15.5 Å². The van der Waals surface area contributed by atoms with E-state index in [-0.39, 0.29) is 5.91 Å². The molecule has 2 N–H and O–H groups in total. The first-order valence-corrected chi connectivity index (χ1v) is 8.75. The molecule has 2 fully saturated rings. The minimum Gasteiger partial charge on any atom is -0.341 e. The lowest BCUT2D eigenvalue weighted by molar-refractivity contribution is -0.140. The van der Waals surface area contributed by atoms with Gasteiger partial charge in [0.05, 0.1) is 5.54 Å². The summed E-state index contributed by atoms with van der Waals surface area (Å²) < 4.78 is 0. The molecule has 4 nitrogen and oxygen atoms in total. The van der Waals surface area contributed by atoms with Gasteiger partial charge in [-0.25, -0.2) is 0 Å². The van der Waals surface area contributed by atoms with Crippen LogP contribution in [0.15, 0.2) is 0 Å². The highest BCUT2D eigenvalue weighted by molar-refractivity contribution is 5.86. The van der Waals surface area contributed by atoms with E-state index in [1.807, 2.05) is 11.9 Å². The Morgan fingerprint density at radius 3 is 2.57 bits per heavy atom. The zero-order valence-corrected chi connectivity index (χ0v) is 14.1. The highest BCUT2D eigenvalue weighted by atomic mass is 16.2. The van der Waals surface area contributed by atoms with Gasteiger partial charge in [-0.2, -0.15) is 0 Å². The molecule has 4 heteroatoms. The van der Waals surface area contributed by atoms with Crippen LogP contribution >= 0.6 is 0 Å². The number of carbonyl (C=O) groups is 1. The van der Waals surface area contributed by atoms with E-state index in [9.17, 15) is 4.79 Å². The molecule has 1 saturated heterocycles. The second-order valence-electron chi connectivity index (χ2n) is 7.35. The highest BCUT2D eigenvalue weighted by Crippen LogP contribution is 2.32. The van der Waals surface area contributed by atoms with E-state index in [0.717, 1.165) is 45.2 Å². The number of nitrogens with zero attached hydrogens (tertiary/aromatic N) is 2. The van der Waals surface area contributed by atoms with Crippen molar-refractivity contribution < 1.29 is 4.79 Å². The van der Waals surface area contributed by atoms with Crippen LogP contribution in [0.5, 0.6) is 0 Å². The Bertz CT molecular complexity index is 352. The summed E-state index contributed by atoms with van der Waals surface area (Å²) in [5.74, 6) is 0.760. The van der Waals surface area contributed by atoms with Gasteiger partial charge in [0.15, 0.2) is 0 Å². The standard InChI is InChI=1S/C17H33N3O/c1-4-10-20-11-7-15(8-12-20)19(3)16(21)17(18)9-5-6-14(2)13-17/h14-15H,4-13,18H2,1-3H3. The lowest BCUT2D eigenvalue weighted by Gasteiger charge is -2.42. The molecule has 2 atom stereocenters. The molecule has 0 bridgehead atoms. The van der Waals surface area contributed by atoms with Crippen LogP contribution in [-0.2, 0) is 4.79 Å². The van der Waals surface area contributed by atoms with Gasteiger partial charge in [-0.15, -0.1) is 0 Å². The minimum atomic E-state index is -0.604. The van der Waals surface area contributed by atoms with Crippen molar-refractivity contribution in [3.05, 3.63) is 0 Å². The molecule has 1 amide bonds. The van der Waals surface area contributed by atoms with Gasteiger partial charge in [-0.1, -0.05) is 26.7 Å². The molecule has 1 heterocycles. The number of nitrogens with two attached hydrogens (primary N) is 1. The smallest absolute Gasteiger partial charge is 0.242 e.